The summed E-state index contributed by atoms with van der Waals surface area (Å²) in [7, 11) is 0. The molecule has 1 atom stereocenters. The van der Waals surface area contributed by atoms with Gasteiger partial charge in [-0.3, -0.25) is 9.59 Å². The molecule has 0 spiro atoms. The number of aromatic nitrogens is 4. The van der Waals surface area contributed by atoms with E-state index < -0.39 is 29.8 Å². The Morgan fingerprint density at radius 1 is 0.913 bits per heavy atom. The maximum absolute atomic E-state index is 12.8. The van der Waals surface area contributed by atoms with Gasteiger partial charge in [-0.25, -0.2) is 19.6 Å². The van der Waals surface area contributed by atoms with Crippen molar-refractivity contribution < 1.29 is 29.4 Å². The van der Waals surface area contributed by atoms with Gasteiger partial charge in [0.05, 0.1) is 29.6 Å². The number of anilines is 3. The second kappa shape index (κ2) is 13.8. The Balaban J connectivity index is 1.29. The number of carbonyl (C=O) groups excluding carboxylic acids is 2. The van der Waals surface area contributed by atoms with E-state index in [1.54, 1.807) is 36.4 Å². The Labute approximate surface area is 263 Å². The van der Waals surface area contributed by atoms with Crippen LogP contribution in [0.1, 0.15) is 75.9 Å². The molecule has 2 aromatic carbocycles. The molecule has 0 aliphatic heterocycles. The smallest absolute Gasteiger partial charge is 0.336 e. The van der Waals surface area contributed by atoms with Crippen molar-refractivity contribution in [3.63, 3.8) is 0 Å². The van der Waals surface area contributed by atoms with Crippen LogP contribution in [0.3, 0.4) is 0 Å². The van der Waals surface area contributed by atoms with Gasteiger partial charge in [0.25, 0.3) is 11.8 Å². The average molecular weight is 630 g/mol. The van der Waals surface area contributed by atoms with Gasteiger partial charge in [-0.2, -0.15) is 9.97 Å². The highest BCUT2D eigenvalue weighted by atomic mass is 16.4. The molecule has 0 saturated heterocycles. The standard InChI is InChI=1S/C31H35N9O6/c1-31(2,3)17-8-11-20(28(43)44)21(13-17)27(42)34-12-4-5-22(29(45)46)38-26(41)16-6-9-18(10-7-16)35-14-19-15-36-25-23(37-19)24(32)39-30(33)40-25/h6-11,13,15,22,35H,4-5,12,14H2,1-3H3,(H,34,42)(H,38,41)(H,43,44)(H,45,46)(H4,32,33,36,39,40)/t22-/m0/s1. The lowest BCUT2D eigenvalue weighted by Crippen LogP contribution is -2.41. The van der Waals surface area contributed by atoms with E-state index in [0.717, 1.165) is 5.56 Å². The SMILES string of the molecule is CC(C)(C)c1ccc(C(=O)O)c(C(=O)NCCC[C@H](NC(=O)c2ccc(NCc3cnc4nc(N)nc(N)c4n3)cc2)C(=O)O)c1. The fraction of sp³-hybridized carbons (Fsp3) is 0.290. The second-order valence-corrected chi connectivity index (χ2v) is 11.5. The zero-order valence-electron chi connectivity index (χ0n) is 25.5. The van der Waals surface area contributed by atoms with Crippen molar-refractivity contribution in [2.24, 2.45) is 0 Å². The predicted octanol–water partition coefficient (Wildman–Crippen LogP) is 2.59. The van der Waals surface area contributed by atoms with E-state index in [2.05, 4.69) is 35.9 Å². The van der Waals surface area contributed by atoms with Crippen molar-refractivity contribution in [1.29, 1.82) is 0 Å². The lowest BCUT2D eigenvalue weighted by molar-refractivity contribution is -0.139. The number of hydrogen-bond acceptors (Lipinski definition) is 11. The Kier molecular flexibility index (Phi) is 9.94. The molecule has 9 N–H and O–H groups in total. The number of nitrogen functional groups attached to an aromatic ring is 2. The van der Waals surface area contributed by atoms with E-state index in [0.29, 0.717) is 16.9 Å². The Hall–Kier alpha value is -5.86. The summed E-state index contributed by atoms with van der Waals surface area (Å²) in [6, 6.07) is 9.83. The predicted molar refractivity (Wildman–Crippen MR) is 170 cm³/mol. The van der Waals surface area contributed by atoms with E-state index >= 15 is 0 Å². The van der Waals surface area contributed by atoms with E-state index in [1.165, 1.54) is 12.3 Å². The molecule has 46 heavy (non-hydrogen) atoms. The molecule has 0 radical (unpaired) electrons. The molecule has 0 unspecified atom stereocenters. The van der Waals surface area contributed by atoms with Crippen LogP contribution in [-0.4, -0.2) is 66.5 Å². The van der Waals surface area contributed by atoms with Gasteiger partial charge < -0.3 is 37.6 Å². The number of nitrogens with two attached hydrogens (primary N) is 2. The summed E-state index contributed by atoms with van der Waals surface area (Å²) in [5.41, 5.74) is 13.9. The van der Waals surface area contributed by atoms with Crippen molar-refractivity contribution >= 4 is 52.4 Å². The number of rotatable bonds is 12. The number of aliphatic carboxylic acids is 1. The summed E-state index contributed by atoms with van der Waals surface area (Å²) in [5, 5.41) is 27.5. The van der Waals surface area contributed by atoms with Gasteiger partial charge >= 0.3 is 11.9 Å². The first kappa shape index (κ1) is 33.0. The van der Waals surface area contributed by atoms with E-state index in [1.807, 2.05) is 20.8 Å². The first-order valence-corrected chi connectivity index (χ1v) is 14.3. The molecule has 0 aliphatic rings. The molecule has 240 valence electrons. The van der Waals surface area contributed by atoms with Crippen LogP contribution in [0, 0.1) is 0 Å². The summed E-state index contributed by atoms with van der Waals surface area (Å²) in [5.74, 6) is -3.49. The summed E-state index contributed by atoms with van der Waals surface area (Å²) in [4.78, 5) is 65.6. The number of hydrogen-bond donors (Lipinski definition) is 7. The number of carbonyl (C=O) groups is 4. The van der Waals surface area contributed by atoms with E-state index in [4.69, 9.17) is 11.5 Å². The van der Waals surface area contributed by atoms with Crippen molar-refractivity contribution in [3.8, 4) is 0 Å². The topological polar surface area (TPSA) is 248 Å². The van der Waals surface area contributed by atoms with Crippen LogP contribution in [0.4, 0.5) is 17.5 Å². The van der Waals surface area contributed by atoms with Crippen LogP contribution in [0.25, 0.3) is 11.2 Å². The molecule has 0 aliphatic carbocycles. The summed E-state index contributed by atoms with van der Waals surface area (Å²) in [6.07, 6.45) is 1.78. The van der Waals surface area contributed by atoms with Crippen LogP contribution in [0.5, 0.6) is 0 Å². The van der Waals surface area contributed by atoms with E-state index in [9.17, 15) is 29.4 Å². The highest BCUT2D eigenvalue weighted by Gasteiger charge is 2.23. The van der Waals surface area contributed by atoms with Crippen molar-refractivity contribution in [2.45, 2.75) is 51.6 Å². The Morgan fingerprint density at radius 2 is 1.63 bits per heavy atom. The molecule has 4 rings (SSSR count). The van der Waals surface area contributed by atoms with Crippen LogP contribution < -0.4 is 27.4 Å². The zero-order valence-corrected chi connectivity index (χ0v) is 25.5. The normalized spacial score (nSPS) is 11.9. The molecule has 0 bridgehead atoms. The molecular weight excluding hydrogens is 594 g/mol. The lowest BCUT2D eigenvalue weighted by Gasteiger charge is -2.20. The molecule has 2 amide bonds. The molecular formula is C31H35N9O6. The first-order valence-electron chi connectivity index (χ1n) is 14.3. The zero-order chi connectivity index (χ0) is 33.6. The lowest BCUT2D eigenvalue weighted by atomic mass is 9.85. The minimum absolute atomic E-state index is 0.00339. The highest BCUT2D eigenvalue weighted by Crippen LogP contribution is 2.25. The third-order valence-electron chi connectivity index (χ3n) is 7.04. The minimum atomic E-state index is -1.23. The summed E-state index contributed by atoms with van der Waals surface area (Å²) in [6.45, 7) is 6.21. The largest absolute Gasteiger partial charge is 0.480 e. The first-order chi connectivity index (χ1) is 21.7. The maximum atomic E-state index is 12.8. The van der Waals surface area contributed by atoms with Gasteiger partial charge in [-0.05, 0) is 60.2 Å². The van der Waals surface area contributed by atoms with Crippen molar-refractivity contribution in [2.75, 3.05) is 23.3 Å². The van der Waals surface area contributed by atoms with Gasteiger partial charge in [0.15, 0.2) is 17.0 Å². The number of carboxylic acids is 2. The van der Waals surface area contributed by atoms with Crippen LogP contribution in [0.2, 0.25) is 0 Å². The number of amides is 2. The van der Waals surface area contributed by atoms with Gasteiger partial charge in [0.1, 0.15) is 6.04 Å². The number of carboxylic acid groups (broad SMARTS) is 2. The van der Waals surface area contributed by atoms with Gasteiger partial charge in [0.2, 0.25) is 5.95 Å². The fourth-order valence-corrected chi connectivity index (χ4v) is 4.49. The maximum Gasteiger partial charge on any atom is 0.336 e. The highest BCUT2D eigenvalue weighted by molar-refractivity contribution is 6.05. The fourth-order valence-electron chi connectivity index (χ4n) is 4.49. The van der Waals surface area contributed by atoms with Gasteiger partial charge in [-0.15, -0.1) is 0 Å². The number of fused-ring (bicyclic) bond motifs is 1. The molecule has 0 saturated carbocycles. The molecule has 15 nitrogen and oxygen atoms in total. The van der Waals surface area contributed by atoms with Gasteiger partial charge in [-0.1, -0.05) is 26.8 Å². The van der Waals surface area contributed by atoms with Crippen molar-refractivity contribution in [1.82, 2.24) is 30.6 Å². The number of aromatic carboxylic acids is 1. The second-order valence-electron chi connectivity index (χ2n) is 11.5. The molecule has 4 aromatic rings. The number of benzene rings is 2. The third kappa shape index (κ3) is 8.19. The van der Waals surface area contributed by atoms with E-state index in [-0.39, 0.29) is 65.4 Å². The molecule has 0 fully saturated rings. The van der Waals surface area contributed by atoms with Gasteiger partial charge in [0, 0.05) is 17.8 Å². The third-order valence-corrected chi connectivity index (χ3v) is 7.04. The summed E-state index contributed by atoms with van der Waals surface area (Å²) >= 11 is 0. The number of nitrogens with zero attached hydrogens (tertiary/aromatic N) is 4. The van der Waals surface area contributed by atoms with Crippen molar-refractivity contribution in [3.05, 3.63) is 76.6 Å². The minimum Gasteiger partial charge on any atom is -0.480 e. The monoisotopic (exact) mass is 629 g/mol. The number of nitrogens with one attached hydrogen (secondary N) is 3. The quantitative estimate of drug-likeness (QED) is 0.111. The molecule has 2 aromatic heterocycles. The Morgan fingerprint density at radius 3 is 2.28 bits per heavy atom. The molecule has 2 heterocycles. The Bertz CT molecular complexity index is 1790. The average Bonchev–Trinajstić information content (AvgIpc) is 3.00. The van der Waals surface area contributed by atoms with Crippen LogP contribution >= 0.6 is 0 Å². The molecule has 15 heteroatoms. The summed E-state index contributed by atoms with van der Waals surface area (Å²) < 4.78 is 0. The van der Waals surface area contributed by atoms with Crippen LogP contribution in [0.15, 0.2) is 48.7 Å². The van der Waals surface area contributed by atoms with Crippen LogP contribution in [-0.2, 0) is 16.8 Å².